The highest BCUT2D eigenvalue weighted by molar-refractivity contribution is 5.93. The first-order valence-electron chi connectivity index (χ1n) is 4.45. The van der Waals surface area contributed by atoms with Crippen LogP contribution in [0.25, 0.3) is 0 Å². The number of rotatable bonds is 1. The number of carbonyl (C=O) groups excluding carboxylic acids is 2. The zero-order valence-electron chi connectivity index (χ0n) is 8.46. The maximum absolute atomic E-state index is 11.3. The van der Waals surface area contributed by atoms with Crippen molar-refractivity contribution in [3.8, 4) is 0 Å². The van der Waals surface area contributed by atoms with E-state index in [-0.39, 0.29) is 11.9 Å². The van der Waals surface area contributed by atoms with Crippen molar-refractivity contribution in [1.29, 1.82) is 0 Å². The molecule has 0 bridgehead atoms. The van der Waals surface area contributed by atoms with Crippen molar-refractivity contribution in [3.63, 3.8) is 0 Å². The maximum atomic E-state index is 11.3. The Morgan fingerprint density at radius 2 is 2.15 bits per heavy atom. The minimum atomic E-state index is -0.568. The Labute approximate surface area is 77.8 Å². The lowest BCUT2D eigenvalue weighted by molar-refractivity contribution is -0.129. The number of cyclic esters (lactones) is 1. The molecule has 0 saturated carbocycles. The van der Waals surface area contributed by atoms with Crippen LogP contribution in [0.3, 0.4) is 0 Å². The van der Waals surface area contributed by atoms with E-state index in [1.54, 1.807) is 20.8 Å². The van der Waals surface area contributed by atoms with E-state index in [9.17, 15) is 9.59 Å². The van der Waals surface area contributed by atoms with E-state index in [0.29, 0.717) is 6.42 Å². The molecule has 1 aliphatic heterocycles. The molecule has 13 heavy (non-hydrogen) atoms. The summed E-state index contributed by atoms with van der Waals surface area (Å²) in [5.74, 6) is -0.178. The predicted molar refractivity (Wildman–Crippen MR) is 47.2 cm³/mol. The van der Waals surface area contributed by atoms with Gasteiger partial charge in [-0.3, -0.25) is 4.79 Å². The highest BCUT2D eigenvalue weighted by atomic mass is 16.6. The van der Waals surface area contributed by atoms with Gasteiger partial charge in [0.05, 0.1) is 6.04 Å². The Hall–Kier alpha value is -1.06. The Balaban J connectivity index is 2.88. The molecule has 0 N–H and O–H groups in total. The van der Waals surface area contributed by atoms with Crippen LogP contribution in [0.4, 0.5) is 4.79 Å². The summed E-state index contributed by atoms with van der Waals surface area (Å²) in [7, 11) is 0. The van der Waals surface area contributed by atoms with Gasteiger partial charge in [-0.1, -0.05) is 6.92 Å². The molecule has 0 aliphatic carbocycles. The van der Waals surface area contributed by atoms with E-state index in [1.807, 2.05) is 6.92 Å². The molecule has 74 valence electrons. The SMILES string of the molecule is CCC(=O)N1C(=O)OC(C)(C)[C@H]1C. The molecule has 0 radical (unpaired) electrons. The van der Waals surface area contributed by atoms with Crippen LogP contribution in [0.2, 0.25) is 0 Å². The zero-order valence-corrected chi connectivity index (χ0v) is 8.46. The Bertz CT molecular complexity index is 247. The minimum absolute atomic E-state index is 0.178. The molecule has 0 spiro atoms. The first kappa shape index (κ1) is 10.0. The third-order valence-corrected chi connectivity index (χ3v) is 2.51. The second kappa shape index (κ2) is 3.01. The summed E-state index contributed by atoms with van der Waals surface area (Å²) in [6, 6.07) is -0.188. The molecule has 0 aromatic heterocycles. The van der Waals surface area contributed by atoms with Gasteiger partial charge in [0.2, 0.25) is 5.91 Å². The molecule has 0 aromatic carbocycles. The van der Waals surface area contributed by atoms with Gasteiger partial charge >= 0.3 is 6.09 Å². The summed E-state index contributed by atoms with van der Waals surface area (Å²) >= 11 is 0. The molecule has 1 atom stereocenters. The highest BCUT2D eigenvalue weighted by Gasteiger charge is 2.47. The minimum Gasteiger partial charge on any atom is -0.441 e. The molecule has 1 fully saturated rings. The van der Waals surface area contributed by atoms with Crippen molar-refractivity contribution in [3.05, 3.63) is 0 Å². The molecule has 1 aliphatic rings. The molecule has 2 amide bonds. The molecule has 1 rings (SSSR count). The summed E-state index contributed by atoms with van der Waals surface area (Å²) in [5, 5.41) is 0. The monoisotopic (exact) mass is 185 g/mol. The van der Waals surface area contributed by atoms with E-state index in [4.69, 9.17) is 4.74 Å². The lowest BCUT2D eigenvalue weighted by Gasteiger charge is -2.23. The number of hydrogen-bond acceptors (Lipinski definition) is 3. The van der Waals surface area contributed by atoms with Crippen LogP contribution < -0.4 is 0 Å². The fourth-order valence-corrected chi connectivity index (χ4v) is 1.32. The van der Waals surface area contributed by atoms with Gasteiger partial charge in [0, 0.05) is 6.42 Å². The molecule has 4 heteroatoms. The Morgan fingerprint density at radius 1 is 1.62 bits per heavy atom. The molecule has 1 heterocycles. The second-order valence-corrected chi connectivity index (χ2v) is 3.76. The molecular formula is C9H15NO3. The summed E-state index contributed by atoms with van der Waals surface area (Å²) in [5.41, 5.74) is -0.568. The number of amides is 2. The standard InChI is InChI=1S/C9H15NO3/c1-5-7(11)10-6(2)9(3,4)13-8(10)12/h6H,5H2,1-4H3/t6-/m1/s1. The smallest absolute Gasteiger partial charge is 0.417 e. The third kappa shape index (κ3) is 1.53. The van der Waals surface area contributed by atoms with Crippen molar-refractivity contribution < 1.29 is 14.3 Å². The summed E-state index contributed by atoms with van der Waals surface area (Å²) < 4.78 is 5.06. The van der Waals surface area contributed by atoms with Gasteiger partial charge in [0.15, 0.2) is 0 Å². The van der Waals surface area contributed by atoms with E-state index in [1.165, 1.54) is 4.90 Å². The number of carbonyl (C=O) groups is 2. The van der Waals surface area contributed by atoms with Crippen LogP contribution in [-0.4, -0.2) is 28.5 Å². The average molecular weight is 185 g/mol. The quantitative estimate of drug-likeness (QED) is 0.622. The predicted octanol–water partition coefficient (Wildman–Crippen LogP) is 1.54. The van der Waals surface area contributed by atoms with Gasteiger partial charge in [-0.15, -0.1) is 0 Å². The van der Waals surface area contributed by atoms with Crippen molar-refractivity contribution in [2.45, 2.75) is 45.8 Å². The largest absolute Gasteiger partial charge is 0.441 e. The van der Waals surface area contributed by atoms with E-state index < -0.39 is 11.7 Å². The number of nitrogens with zero attached hydrogens (tertiary/aromatic N) is 1. The topological polar surface area (TPSA) is 46.6 Å². The van der Waals surface area contributed by atoms with Crippen molar-refractivity contribution in [1.82, 2.24) is 4.90 Å². The normalized spacial score (nSPS) is 26.0. The highest BCUT2D eigenvalue weighted by Crippen LogP contribution is 2.29. The summed E-state index contributed by atoms with van der Waals surface area (Å²) in [6.45, 7) is 7.16. The molecule has 4 nitrogen and oxygen atoms in total. The van der Waals surface area contributed by atoms with Gasteiger partial charge in [-0.2, -0.15) is 0 Å². The van der Waals surface area contributed by atoms with E-state index in [2.05, 4.69) is 0 Å². The van der Waals surface area contributed by atoms with Crippen LogP contribution in [0.15, 0.2) is 0 Å². The lowest BCUT2D eigenvalue weighted by atomic mass is 10.0. The molecule has 0 unspecified atom stereocenters. The number of imide groups is 1. The average Bonchev–Trinajstić information content (AvgIpc) is 2.21. The maximum Gasteiger partial charge on any atom is 0.417 e. The summed E-state index contributed by atoms with van der Waals surface area (Å²) in [4.78, 5) is 23.8. The van der Waals surface area contributed by atoms with Crippen LogP contribution in [0.5, 0.6) is 0 Å². The molecule has 0 aromatic rings. The van der Waals surface area contributed by atoms with Crippen molar-refractivity contribution in [2.24, 2.45) is 0 Å². The van der Waals surface area contributed by atoms with E-state index in [0.717, 1.165) is 0 Å². The number of ether oxygens (including phenoxy) is 1. The van der Waals surface area contributed by atoms with Crippen LogP contribution in [-0.2, 0) is 9.53 Å². The van der Waals surface area contributed by atoms with Gasteiger partial charge in [0.1, 0.15) is 5.60 Å². The van der Waals surface area contributed by atoms with Crippen molar-refractivity contribution >= 4 is 12.0 Å². The van der Waals surface area contributed by atoms with Gasteiger partial charge < -0.3 is 4.74 Å². The first-order chi connectivity index (χ1) is 5.90. The van der Waals surface area contributed by atoms with Crippen LogP contribution in [0.1, 0.15) is 34.1 Å². The lowest BCUT2D eigenvalue weighted by Crippen LogP contribution is -2.42. The van der Waals surface area contributed by atoms with Crippen molar-refractivity contribution in [2.75, 3.05) is 0 Å². The molecular weight excluding hydrogens is 170 g/mol. The third-order valence-electron chi connectivity index (χ3n) is 2.51. The molecule has 1 saturated heterocycles. The van der Waals surface area contributed by atoms with E-state index >= 15 is 0 Å². The Kier molecular flexibility index (Phi) is 2.32. The Morgan fingerprint density at radius 3 is 2.46 bits per heavy atom. The van der Waals surface area contributed by atoms with Gasteiger partial charge in [0.25, 0.3) is 0 Å². The first-order valence-corrected chi connectivity index (χ1v) is 4.45. The van der Waals surface area contributed by atoms with Crippen LogP contribution >= 0.6 is 0 Å². The number of hydrogen-bond donors (Lipinski definition) is 0. The fourth-order valence-electron chi connectivity index (χ4n) is 1.32. The van der Waals surface area contributed by atoms with Gasteiger partial charge in [-0.25, -0.2) is 9.69 Å². The fraction of sp³-hybridized carbons (Fsp3) is 0.778. The zero-order chi connectivity index (χ0) is 10.2. The second-order valence-electron chi connectivity index (χ2n) is 3.76. The van der Waals surface area contributed by atoms with Crippen LogP contribution in [0, 0.1) is 0 Å². The summed E-state index contributed by atoms with van der Waals surface area (Å²) in [6.07, 6.45) is -0.195. The van der Waals surface area contributed by atoms with Gasteiger partial charge in [-0.05, 0) is 20.8 Å².